The highest BCUT2D eigenvalue weighted by Gasteiger charge is 2.49. The number of esters is 1. The zero-order valence-corrected chi connectivity index (χ0v) is 19.3. The van der Waals surface area contributed by atoms with Gasteiger partial charge in [0.2, 0.25) is 0 Å². The van der Waals surface area contributed by atoms with Crippen LogP contribution in [0.2, 0.25) is 0 Å². The van der Waals surface area contributed by atoms with Crippen LogP contribution >= 0.6 is 22.6 Å². The number of hydrogen-bond donors (Lipinski definition) is 1. The van der Waals surface area contributed by atoms with E-state index in [0.717, 1.165) is 41.1 Å². The third kappa shape index (κ3) is 3.80. The predicted molar refractivity (Wildman–Crippen MR) is 120 cm³/mol. The van der Waals surface area contributed by atoms with E-state index in [-0.39, 0.29) is 10.8 Å². The third-order valence-electron chi connectivity index (χ3n) is 7.14. The summed E-state index contributed by atoms with van der Waals surface area (Å²) < 4.78 is 40.7. The third-order valence-corrected chi connectivity index (χ3v) is 8.78. The highest BCUT2D eigenvalue weighted by Crippen LogP contribution is 2.60. The molecule has 7 heteroatoms. The van der Waals surface area contributed by atoms with Crippen LogP contribution in [0.5, 0.6) is 5.75 Å². The van der Waals surface area contributed by atoms with Crippen LogP contribution in [-0.2, 0) is 10.1 Å². The van der Waals surface area contributed by atoms with E-state index in [2.05, 4.69) is 22.6 Å². The fourth-order valence-corrected chi connectivity index (χ4v) is 7.36. The van der Waals surface area contributed by atoms with Crippen molar-refractivity contribution in [1.29, 1.82) is 0 Å². The van der Waals surface area contributed by atoms with E-state index >= 15 is 0 Å². The van der Waals surface area contributed by atoms with Crippen molar-refractivity contribution >= 4 is 38.7 Å². The Kier molecular flexibility index (Phi) is 5.18. The SMILES string of the molecule is O=C(Oc1ccc(S(=O)(=O)O)c(C2C3CC4CC(C3)CC2C4)c1)c1ccc(I)cc1. The molecule has 2 aromatic rings. The molecule has 6 rings (SSSR count). The maximum atomic E-state index is 12.5. The van der Waals surface area contributed by atoms with Gasteiger partial charge in [-0.15, -0.1) is 0 Å². The number of carbonyl (C=O) groups is 1. The summed E-state index contributed by atoms with van der Waals surface area (Å²) in [5, 5.41) is 0. The number of hydrogen-bond acceptors (Lipinski definition) is 4. The molecule has 0 saturated heterocycles. The maximum absolute atomic E-state index is 12.5. The second kappa shape index (κ2) is 7.60. The number of rotatable bonds is 4. The van der Waals surface area contributed by atoms with Gasteiger partial charge in [-0.3, -0.25) is 4.55 Å². The zero-order chi connectivity index (χ0) is 21.0. The fourth-order valence-electron chi connectivity index (χ4n) is 6.27. The van der Waals surface area contributed by atoms with E-state index < -0.39 is 16.1 Å². The Hall–Kier alpha value is -1.45. The number of carbonyl (C=O) groups excluding carboxylic acids is 1. The Morgan fingerprint density at radius 1 is 0.933 bits per heavy atom. The maximum Gasteiger partial charge on any atom is 0.343 e. The van der Waals surface area contributed by atoms with Gasteiger partial charge in [0.15, 0.2) is 0 Å². The van der Waals surface area contributed by atoms with Crippen molar-refractivity contribution in [2.75, 3.05) is 0 Å². The molecule has 4 fully saturated rings. The summed E-state index contributed by atoms with van der Waals surface area (Å²) in [5.41, 5.74) is 1.05. The van der Waals surface area contributed by atoms with Crippen LogP contribution in [0, 0.1) is 27.2 Å². The molecule has 5 nitrogen and oxygen atoms in total. The van der Waals surface area contributed by atoms with E-state index in [4.69, 9.17) is 4.74 Å². The van der Waals surface area contributed by atoms with Gasteiger partial charge in [-0.05, 0) is 132 Å². The fraction of sp³-hybridized carbons (Fsp3) is 0.435. The molecule has 0 heterocycles. The molecule has 0 aliphatic heterocycles. The molecule has 2 aromatic carbocycles. The summed E-state index contributed by atoms with van der Waals surface area (Å²) in [6.45, 7) is 0. The number of halogens is 1. The molecule has 30 heavy (non-hydrogen) atoms. The van der Waals surface area contributed by atoms with Crippen molar-refractivity contribution in [3.05, 3.63) is 57.2 Å². The van der Waals surface area contributed by atoms with Gasteiger partial charge in [-0.25, -0.2) is 4.79 Å². The Labute approximate surface area is 190 Å². The molecule has 4 aliphatic carbocycles. The van der Waals surface area contributed by atoms with Gasteiger partial charge in [-0.1, -0.05) is 0 Å². The molecule has 158 valence electrons. The minimum absolute atomic E-state index is 0.0472. The van der Waals surface area contributed by atoms with Crippen LogP contribution in [0.25, 0.3) is 0 Å². The first-order chi connectivity index (χ1) is 14.3. The monoisotopic (exact) mass is 538 g/mol. The summed E-state index contributed by atoms with van der Waals surface area (Å²) in [5.74, 6) is 2.29. The molecule has 0 radical (unpaired) electrons. The lowest BCUT2D eigenvalue weighted by atomic mass is 9.51. The molecule has 0 spiro atoms. The minimum atomic E-state index is -4.36. The lowest BCUT2D eigenvalue weighted by Gasteiger charge is -2.54. The van der Waals surface area contributed by atoms with E-state index in [1.807, 2.05) is 12.1 Å². The van der Waals surface area contributed by atoms with Gasteiger partial charge < -0.3 is 4.74 Å². The van der Waals surface area contributed by atoms with Crippen LogP contribution in [0.4, 0.5) is 0 Å². The van der Waals surface area contributed by atoms with Crippen molar-refractivity contribution in [2.24, 2.45) is 23.7 Å². The van der Waals surface area contributed by atoms with E-state index in [0.29, 0.717) is 28.7 Å². The molecule has 0 unspecified atom stereocenters. The second-order valence-corrected chi connectivity index (χ2v) is 11.7. The lowest BCUT2D eigenvalue weighted by molar-refractivity contribution is -0.00373. The topological polar surface area (TPSA) is 80.7 Å². The molecule has 1 N–H and O–H groups in total. The highest BCUT2D eigenvalue weighted by atomic mass is 127. The van der Waals surface area contributed by atoms with Gasteiger partial charge in [-0.2, -0.15) is 8.42 Å². The van der Waals surface area contributed by atoms with Crippen LogP contribution in [0.1, 0.15) is 53.9 Å². The van der Waals surface area contributed by atoms with Crippen LogP contribution in [-0.4, -0.2) is 18.9 Å². The van der Waals surface area contributed by atoms with Gasteiger partial charge in [0.25, 0.3) is 10.1 Å². The summed E-state index contributed by atoms with van der Waals surface area (Å²) in [6, 6.07) is 11.6. The molecular weight excluding hydrogens is 515 g/mol. The van der Waals surface area contributed by atoms with Gasteiger partial charge in [0, 0.05) is 3.57 Å². The van der Waals surface area contributed by atoms with Gasteiger partial charge >= 0.3 is 5.97 Å². The van der Waals surface area contributed by atoms with Gasteiger partial charge in [0.05, 0.1) is 10.5 Å². The van der Waals surface area contributed by atoms with Crippen molar-refractivity contribution in [3.63, 3.8) is 0 Å². The Balaban J connectivity index is 1.49. The van der Waals surface area contributed by atoms with Crippen molar-refractivity contribution < 1.29 is 22.5 Å². The van der Waals surface area contributed by atoms with E-state index in [9.17, 15) is 17.8 Å². The lowest BCUT2D eigenvalue weighted by Crippen LogP contribution is -2.44. The molecule has 4 saturated carbocycles. The smallest absolute Gasteiger partial charge is 0.343 e. The standard InChI is InChI=1S/C23H23IO5S/c24-18-3-1-15(2-4-18)23(25)29-19-5-6-21(30(26,27)28)20(12-19)22-16-8-13-7-14(10-16)11-17(22)9-13/h1-6,12-14,16-17,22H,7-11H2,(H,26,27,28). The number of benzene rings is 2. The van der Waals surface area contributed by atoms with Gasteiger partial charge in [0.1, 0.15) is 5.75 Å². The average Bonchev–Trinajstić information content (AvgIpc) is 2.67. The first kappa shape index (κ1) is 20.5. The second-order valence-electron chi connectivity index (χ2n) is 9.03. The van der Waals surface area contributed by atoms with Crippen molar-refractivity contribution in [3.8, 4) is 5.75 Å². The van der Waals surface area contributed by atoms with E-state index in [1.165, 1.54) is 18.6 Å². The predicted octanol–water partition coefficient (Wildman–Crippen LogP) is 5.30. The summed E-state index contributed by atoms with van der Waals surface area (Å²) in [4.78, 5) is 12.5. The Bertz CT molecular complexity index is 1070. The van der Waals surface area contributed by atoms with Crippen molar-refractivity contribution in [1.82, 2.24) is 0 Å². The first-order valence-corrected chi connectivity index (χ1v) is 12.9. The Morgan fingerprint density at radius 3 is 2.10 bits per heavy atom. The van der Waals surface area contributed by atoms with Crippen molar-refractivity contribution in [2.45, 2.75) is 42.9 Å². The molecule has 4 aliphatic rings. The molecule has 0 amide bonds. The zero-order valence-electron chi connectivity index (χ0n) is 16.3. The first-order valence-electron chi connectivity index (χ1n) is 10.4. The van der Waals surface area contributed by atoms with Crippen LogP contribution < -0.4 is 4.74 Å². The normalized spacial score (nSPS) is 29.7. The van der Waals surface area contributed by atoms with E-state index in [1.54, 1.807) is 18.2 Å². The quantitative estimate of drug-likeness (QED) is 0.248. The average molecular weight is 538 g/mol. The van der Waals surface area contributed by atoms with Crippen LogP contribution in [0.15, 0.2) is 47.4 Å². The molecule has 0 aromatic heterocycles. The Morgan fingerprint density at radius 2 is 1.53 bits per heavy atom. The van der Waals surface area contributed by atoms with Crippen LogP contribution in [0.3, 0.4) is 0 Å². The minimum Gasteiger partial charge on any atom is -0.423 e. The summed E-state index contributed by atoms with van der Waals surface area (Å²) in [6.07, 6.45) is 5.79. The summed E-state index contributed by atoms with van der Waals surface area (Å²) >= 11 is 2.17. The summed E-state index contributed by atoms with van der Waals surface area (Å²) in [7, 11) is -4.36. The molecular formula is C23H23IO5S. The largest absolute Gasteiger partial charge is 0.423 e. The number of ether oxygens (including phenoxy) is 1. The molecule has 0 atom stereocenters. The molecule has 4 bridgehead atoms. The highest BCUT2D eigenvalue weighted by molar-refractivity contribution is 14.1.